The van der Waals surface area contributed by atoms with Crippen LogP contribution in [0.1, 0.15) is 29.5 Å². The highest BCUT2D eigenvalue weighted by Crippen LogP contribution is 1.96. The summed E-state index contributed by atoms with van der Waals surface area (Å²) in [5.74, 6) is -0.222. The minimum absolute atomic E-state index is 0.000558. The van der Waals surface area contributed by atoms with Crippen LogP contribution in [0.15, 0.2) is 12.4 Å². The van der Waals surface area contributed by atoms with E-state index in [1.165, 1.54) is 6.20 Å². The van der Waals surface area contributed by atoms with Crippen molar-refractivity contribution in [1.29, 1.82) is 0 Å². The Labute approximate surface area is 89.1 Å². The summed E-state index contributed by atoms with van der Waals surface area (Å²) < 4.78 is 0. The summed E-state index contributed by atoms with van der Waals surface area (Å²) in [7, 11) is 0. The number of hydrogen-bond acceptors (Lipinski definition) is 4. The first kappa shape index (κ1) is 11.6. The molecule has 0 aromatic carbocycles. The molecule has 0 fully saturated rings. The molecule has 1 aromatic rings. The van der Waals surface area contributed by atoms with Crippen LogP contribution < -0.4 is 11.1 Å². The van der Waals surface area contributed by atoms with E-state index < -0.39 is 0 Å². The number of rotatable bonds is 4. The minimum atomic E-state index is -0.222. The summed E-state index contributed by atoms with van der Waals surface area (Å²) in [6, 6.07) is 0.000558. The van der Waals surface area contributed by atoms with E-state index in [2.05, 4.69) is 15.3 Å². The number of hydrogen-bond donors (Lipinski definition) is 2. The third-order valence-corrected chi connectivity index (χ3v) is 2.13. The first-order chi connectivity index (χ1) is 7.17. The third kappa shape index (κ3) is 3.28. The molecule has 1 rings (SSSR count). The van der Waals surface area contributed by atoms with Gasteiger partial charge in [0.15, 0.2) is 0 Å². The Bertz CT molecular complexity index is 319. The van der Waals surface area contributed by atoms with Crippen LogP contribution in [0.3, 0.4) is 0 Å². The predicted molar refractivity (Wildman–Crippen MR) is 57.4 cm³/mol. The monoisotopic (exact) mass is 208 g/mol. The maximum atomic E-state index is 11.6. The summed E-state index contributed by atoms with van der Waals surface area (Å²) in [6.07, 6.45) is 3.84. The highest BCUT2D eigenvalue weighted by molar-refractivity contribution is 5.92. The van der Waals surface area contributed by atoms with Crippen molar-refractivity contribution in [1.82, 2.24) is 15.3 Å². The van der Waals surface area contributed by atoms with Gasteiger partial charge in [-0.1, -0.05) is 6.92 Å². The summed E-state index contributed by atoms with van der Waals surface area (Å²) in [4.78, 5) is 19.6. The van der Waals surface area contributed by atoms with E-state index in [1.807, 2.05) is 13.8 Å². The maximum Gasteiger partial charge on any atom is 0.271 e. The van der Waals surface area contributed by atoms with Crippen LogP contribution in [0.25, 0.3) is 0 Å². The number of nitrogens with one attached hydrogen (secondary N) is 1. The molecular weight excluding hydrogens is 192 g/mol. The van der Waals surface area contributed by atoms with Gasteiger partial charge in [0.2, 0.25) is 0 Å². The zero-order valence-corrected chi connectivity index (χ0v) is 9.03. The molecule has 0 aliphatic carbocycles. The van der Waals surface area contributed by atoms with Gasteiger partial charge >= 0.3 is 0 Å². The van der Waals surface area contributed by atoms with Crippen molar-refractivity contribution in [2.24, 2.45) is 5.73 Å². The number of nitrogens with zero attached hydrogens (tertiary/aromatic N) is 2. The summed E-state index contributed by atoms with van der Waals surface area (Å²) in [5, 5.41) is 2.79. The maximum absolute atomic E-state index is 11.6. The summed E-state index contributed by atoms with van der Waals surface area (Å²) >= 11 is 0. The van der Waals surface area contributed by atoms with Gasteiger partial charge in [-0.25, -0.2) is 4.98 Å². The standard InChI is InChI=1S/C10H16N4O/c1-3-8(4-11)14-10(15)9-6-12-7(2)5-13-9/h5-6,8H,3-4,11H2,1-2H3,(H,14,15)/t8-/m0/s1. The van der Waals surface area contributed by atoms with Crippen LogP contribution >= 0.6 is 0 Å². The van der Waals surface area contributed by atoms with Gasteiger partial charge in [0, 0.05) is 18.8 Å². The van der Waals surface area contributed by atoms with Crippen LogP contribution in [-0.2, 0) is 0 Å². The Hall–Kier alpha value is -1.49. The van der Waals surface area contributed by atoms with Crippen LogP contribution in [0, 0.1) is 6.92 Å². The second-order valence-electron chi connectivity index (χ2n) is 3.36. The van der Waals surface area contributed by atoms with E-state index >= 15 is 0 Å². The van der Waals surface area contributed by atoms with E-state index in [9.17, 15) is 4.79 Å². The van der Waals surface area contributed by atoms with Crippen molar-refractivity contribution in [3.8, 4) is 0 Å². The van der Waals surface area contributed by atoms with Crippen molar-refractivity contribution < 1.29 is 4.79 Å². The van der Waals surface area contributed by atoms with Gasteiger partial charge < -0.3 is 11.1 Å². The number of carbonyl (C=O) groups excluding carboxylic acids is 1. The van der Waals surface area contributed by atoms with Gasteiger partial charge in [0.25, 0.3) is 5.91 Å². The molecule has 0 aliphatic rings. The fourth-order valence-electron chi connectivity index (χ4n) is 1.10. The molecule has 1 heterocycles. The molecule has 15 heavy (non-hydrogen) atoms. The van der Waals surface area contributed by atoms with Gasteiger partial charge in [-0.3, -0.25) is 9.78 Å². The zero-order valence-electron chi connectivity index (χ0n) is 9.03. The van der Waals surface area contributed by atoms with Crippen molar-refractivity contribution in [3.05, 3.63) is 23.8 Å². The molecule has 5 nitrogen and oxygen atoms in total. The summed E-state index contributed by atoms with van der Waals surface area (Å²) in [6.45, 7) is 4.23. The van der Waals surface area contributed by atoms with Crippen molar-refractivity contribution in [2.75, 3.05) is 6.54 Å². The van der Waals surface area contributed by atoms with E-state index in [0.29, 0.717) is 12.2 Å². The van der Waals surface area contributed by atoms with Gasteiger partial charge in [0.05, 0.1) is 11.9 Å². The van der Waals surface area contributed by atoms with Gasteiger partial charge in [-0.15, -0.1) is 0 Å². The smallest absolute Gasteiger partial charge is 0.271 e. The second-order valence-corrected chi connectivity index (χ2v) is 3.36. The minimum Gasteiger partial charge on any atom is -0.347 e. The molecule has 0 saturated carbocycles. The first-order valence-electron chi connectivity index (χ1n) is 4.97. The van der Waals surface area contributed by atoms with Gasteiger partial charge in [-0.2, -0.15) is 0 Å². The van der Waals surface area contributed by atoms with Crippen LogP contribution in [0.4, 0.5) is 0 Å². The molecule has 0 radical (unpaired) electrons. The van der Waals surface area contributed by atoms with E-state index in [-0.39, 0.29) is 11.9 Å². The van der Waals surface area contributed by atoms with E-state index in [4.69, 9.17) is 5.73 Å². The van der Waals surface area contributed by atoms with Crippen molar-refractivity contribution in [3.63, 3.8) is 0 Å². The molecule has 1 atom stereocenters. The Morgan fingerprint density at radius 1 is 1.53 bits per heavy atom. The average Bonchev–Trinajstić information content (AvgIpc) is 2.26. The Kier molecular flexibility index (Phi) is 4.17. The molecule has 0 unspecified atom stereocenters. The summed E-state index contributed by atoms with van der Waals surface area (Å²) in [5.41, 5.74) is 6.60. The molecule has 0 aliphatic heterocycles. The lowest BCUT2D eigenvalue weighted by molar-refractivity contribution is 0.0931. The lowest BCUT2D eigenvalue weighted by Gasteiger charge is -2.13. The van der Waals surface area contributed by atoms with E-state index in [0.717, 1.165) is 12.1 Å². The van der Waals surface area contributed by atoms with Crippen LogP contribution in [0.5, 0.6) is 0 Å². The highest BCUT2D eigenvalue weighted by Gasteiger charge is 2.11. The Morgan fingerprint density at radius 3 is 2.73 bits per heavy atom. The SMILES string of the molecule is CC[C@@H](CN)NC(=O)c1cnc(C)cn1. The zero-order chi connectivity index (χ0) is 11.3. The van der Waals surface area contributed by atoms with Crippen LogP contribution in [-0.4, -0.2) is 28.5 Å². The number of amides is 1. The normalized spacial score (nSPS) is 12.2. The molecule has 82 valence electrons. The quantitative estimate of drug-likeness (QED) is 0.743. The largest absolute Gasteiger partial charge is 0.347 e. The van der Waals surface area contributed by atoms with E-state index in [1.54, 1.807) is 6.20 Å². The molecule has 1 aromatic heterocycles. The number of aryl methyl sites for hydroxylation is 1. The molecular formula is C10H16N4O. The van der Waals surface area contributed by atoms with Crippen LogP contribution in [0.2, 0.25) is 0 Å². The molecule has 0 bridgehead atoms. The third-order valence-electron chi connectivity index (χ3n) is 2.13. The molecule has 5 heteroatoms. The average molecular weight is 208 g/mol. The topological polar surface area (TPSA) is 80.9 Å². The number of nitrogens with two attached hydrogens (primary N) is 1. The van der Waals surface area contributed by atoms with Crippen molar-refractivity contribution in [2.45, 2.75) is 26.3 Å². The first-order valence-corrected chi connectivity index (χ1v) is 4.97. The lowest BCUT2D eigenvalue weighted by atomic mass is 10.2. The lowest BCUT2D eigenvalue weighted by Crippen LogP contribution is -2.40. The fourth-order valence-corrected chi connectivity index (χ4v) is 1.10. The van der Waals surface area contributed by atoms with Gasteiger partial charge in [0.1, 0.15) is 5.69 Å². The number of aromatic nitrogens is 2. The molecule has 3 N–H and O–H groups in total. The second kappa shape index (κ2) is 5.41. The Morgan fingerprint density at radius 2 is 2.27 bits per heavy atom. The molecule has 0 spiro atoms. The fraction of sp³-hybridized carbons (Fsp3) is 0.500. The predicted octanol–water partition coefficient (Wildman–Crippen LogP) is 0.252. The molecule has 1 amide bonds. The Balaban J connectivity index is 2.64. The molecule has 0 saturated heterocycles. The number of carbonyl (C=O) groups is 1. The van der Waals surface area contributed by atoms with Crippen molar-refractivity contribution >= 4 is 5.91 Å². The highest BCUT2D eigenvalue weighted by atomic mass is 16.1. The van der Waals surface area contributed by atoms with Gasteiger partial charge in [-0.05, 0) is 13.3 Å².